The Labute approximate surface area is 174 Å². The summed E-state index contributed by atoms with van der Waals surface area (Å²) in [5.41, 5.74) is 0.596. The first-order chi connectivity index (χ1) is 14.5. The molecule has 3 rings (SSSR count). The third-order valence-corrected chi connectivity index (χ3v) is 4.90. The van der Waals surface area contributed by atoms with Gasteiger partial charge in [-0.2, -0.15) is 0 Å². The van der Waals surface area contributed by atoms with Gasteiger partial charge in [0.05, 0.1) is 18.4 Å². The van der Waals surface area contributed by atoms with Gasteiger partial charge in [-0.05, 0) is 37.1 Å². The number of hydrogen-bond acceptors (Lipinski definition) is 6. The van der Waals surface area contributed by atoms with Crippen molar-refractivity contribution in [1.29, 1.82) is 0 Å². The number of rotatable bonds is 7. The van der Waals surface area contributed by atoms with Gasteiger partial charge in [-0.1, -0.05) is 25.0 Å². The van der Waals surface area contributed by atoms with Gasteiger partial charge in [0, 0.05) is 12.1 Å². The lowest BCUT2D eigenvalue weighted by Gasteiger charge is -2.15. The first-order valence-corrected chi connectivity index (χ1v) is 9.72. The van der Waals surface area contributed by atoms with Crippen molar-refractivity contribution in [3.63, 3.8) is 0 Å². The standard InChI is InChI=1S/C22H24N2O6/c1-29-15-10-11-17(19(25)12-15)22(28)30-13-20(26)24-18-9-5-4-8-16(18)21(27)23-14-6-2-3-7-14/h4-5,8-12,14,25H,2-3,6-7,13H2,1H3,(H,23,27)(H,24,26). The Kier molecular flexibility index (Phi) is 6.90. The van der Waals surface area contributed by atoms with Gasteiger partial charge in [0.2, 0.25) is 0 Å². The van der Waals surface area contributed by atoms with Gasteiger partial charge < -0.3 is 25.2 Å². The van der Waals surface area contributed by atoms with E-state index in [1.54, 1.807) is 24.3 Å². The Morgan fingerprint density at radius 3 is 2.50 bits per heavy atom. The monoisotopic (exact) mass is 412 g/mol. The second-order valence-corrected chi connectivity index (χ2v) is 7.01. The highest BCUT2D eigenvalue weighted by molar-refractivity contribution is 6.04. The zero-order chi connectivity index (χ0) is 21.5. The largest absolute Gasteiger partial charge is 0.507 e. The molecule has 0 aromatic heterocycles. The van der Waals surface area contributed by atoms with Crippen LogP contribution < -0.4 is 15.4 Å². The summed E-state index contributed by atoms with van der Waals surface area (Å²) in [5, 5.41) is 15.5. The van der Waals surface area contributed by atoms with E-state index in [4.69, 9.17) is 9.47 Å². The van der Waals surface area contributed by atoms with Crippen LogP contribution in [0.5, 0.6) is 11.5 Å². The molecule has 0 saturated heterocycles. The molecule has 30 heavy (non-hydrogen) atoms. The van der Waals surface area contributed by atoms with Crippen LogP contribution in [0.4, 0.5) is 5.69 Å². The van der Waals surface area contributed by atoms with Gasteiger partial charge in [-0.25, -0.2) is 4.79 Å². The third kappa shape index (κ3) is 5.28. The molecule has 1 fully saturated rings. The highest BCUT2D eigenvalue weighted by Crippen LogP contribution is 2.24. The van der Waals surface area contributed by atoms with Crippen molar-refractivity contribution in [2.75, 3.05) is 19.0 Å². The van der Waals surface area contributed by atoms with E-state index < -0.39 is 18.5 Å². The van der Waals surface area contributed by atoms with E-state index in [0.29, 0.717) is 17.0 Å². The van der Waals surface area contributed by atoms with Crippen LogP contribution in [-0.4, -0.2) is 42.6 Å². The predicted octanol–water partition coefficient (Wildman–Crippen LogP) is 2.87. The first kappa shape index (κ1) is 21.2. The van der Waals surface area contributed by atoms with Crippen molar-refractivity contribution >= 4 is 23.5 Å². The van der Waals surface area contributed by atoms with E-state index in [1.807, 2.05) is 0 Å². The Bertz CT molecular complexity index is 937. The van der Waals surface area contributed by atoms with E-state index in [-0.39, 0.29) is 23.3 Å². The molecule has 8 nitrogen and oxygen atoms in total. The number of esters is 1. The van der Waals surface area contributed by atoms with Crippen LogP contribution in [0.2, 0.25) is 0 Å². The van der Waals surface area contributed by atoms with Crippen LogP contribution in [0.25, 0.3) is 0 Å². The number of amides is 2. The summed E-state index contributed by atoms with van der Waals surface area (Å²) in [7, 11) is 1.43. The minimum atomic E-state index is -0.849. The second kappa shape index (κ2) is 9.78. The summed E-state index contributed by atoms with van der Waals surface area (Å²) < 4.78 is 9.93. The summed E-state index contributed by atoms with van der Waals surface area (Å²) in [6.07, 6.45) is 4.10. The lowest BCUT2D eigenvalue weighted by Crippen LogP contribution is -2.33. The van der Waals surface area contributed by atoms with Crippen molar-refractivity contribution in [3.8, 4) is 11.5 Å². The number of phenols is 1. The number of anilines is 1. The van der Waals surface area contributed by atoms with Crippen LogP contribution >= 0.6 is 0 Å². The number of para-hydroxylation sites is 1. The molecule has 0 unspecified atom stereocenters. The summed E-state index contributed by atoms with van der Waals surface area (Å²) in [6, 6.07) is 10.9. The number of nitrogens with one attached hydrogen (secondary N) is 2. The quantitative estimate of drug-likeness (QED) is 0.603. The molecule has 0 spiro atoms. The highest BCUT2D eigenvalue weighted by atomic mass is 16.5. The minimum absolute atomic E-state index is 0.0834. The lowest BCUT2D eigenvalue weighted by molar-refractivity contribution is -0.119. The average Bonchev–Trinajstić information content (AvgIpc) is 3.25. The average molecular weight is 412 g/mol. The highest BCUT2D eigenvalue weighted by Gasteiger charge is 2.21. The maximum atomic E-state index is 12.6. The van der Waals surface area contributed by atoms with E-state index in [1.165, 1.54) is 25.3 Å². The molecule has 1 aliphatic carbocycles. The molecule has 0 atom stereocenters. The van der Waals surface area contributed by atoms with Crippen molar-refractivity contribution in [3.05, 3.63) is 53.6 Å². The number of carbonyl (C=O) groups excluding carboxylic acids is 3. The summed E-state index contributed by atoms with van der Waals surface area (Å²) in [5.74, 6) is -1.63. The fraction of sp³-hybridized carbons (Fsp3) is 0.318. The number of ether oxygens (including phenoxy) is 2. The molecule has 2 amide bonds. The smallest absolute Gasteiger partial charge is 0.342 e. The molecule has 1 saturated carbocycles. The van der Waals surface area contributed by atoms with Crippen LogP contribution in [0.15, 0.2) is 42.5 Å². The Morgan fingerprint density at radius 1 is 1.07 bits per heavy atom. The van der Waals surface area contributed by atoms with Crippen LogP contribution in [-0.2, 0) is 9.53 Å². The van der Waals surface area contributed by atoms with E-state index in [2.05, 4.69) is 10.6 Å². The Morgan fingerprint density at radius 2 is 1.80 bits per heavy atom. The summed E-state index contributed by atoms with van der Waals surface area (Å²) in [4.78, 5) is 36.9. The summed E-state index contributed by atoms with van der Waals surface area (Å²) in [6.45, 7) is -0.567. The fourth-order valence-corrected chi connectivity index (χ4v) is 3.33. The maximum Gasteiger partial charge on any atom is 0.342 e. The zero-order valence-electron chi connectivity index (χ0n) is 16.6. The molecular weight excluding hydrogens is 388 g/mol. The summed E-state index contributed by atoms with van der Waals surface area (Å²) >= 11 is 0. The molecule has 158 valence electrons. The molecule has 3 N–H and O–H groups in total. The predicted molar refractivity (Wildman–Crippen MR) is 110 cm³/mol. The van der Waals surface area contributed by atoms with Gasteiger partial charge in [0.15, 0.2) is 6.61 Å². The number of benzene rings is 2. The number of methoxy groups -OCH3 is 1. The van der Waals surface area contributed by atoms with Gasteiger partial charge in [0.25, 0.3) is 11.8 Å². The Hall–Kier alpha value is -3.55. The first-order valence-electron chi connectivity index (χ1n) is 9.72. The van der Waals surface area contributed by atoms with Gasteiger partial charge in [-0.3, -0.25) is 9.59 Å². The van der Waals surface area contributed by atoms with Crippen LogP contribution in [0, 0.1) is 0 Å². The number of phenolic OH excluding ortho intramolecular Hbond substituents is 1. The number of hydrogen-bond donors (Lipinski definition) is 3. The van der Waals surface area contributed by atoms with E-state index in [0.717, 1.165) is 25.7 Å². The lowest BCUT2D eigenvalue weighted by atomic mass is 10.1. The van der Waals surface area contributed by atoms with Crippen molar-refractivity contribution in [2.45, 2.75) is 31.7 Å². The second-order valence-electron chi connectivity index (χ2n) is 7.01. The fourth-order valence-electron chi connectivity index (χ4n) is 3.33. The molecule has 1 aliphatic rings. The van der Waals surface area contributed by atoms with Gasteiger partial charge >= 0.3 is 5.97 Å². The molecular formula is C22H24N2O6. The van der Waals surface area contributed by atoms with E-state index >= 15 is 0 Å². The van der Waals surface area contributed by atoms with Gasteiger partial charge in [-0.15, -0.1) is 0 Å². The Balaban J connectivity index is 1.58. The molecule has 2 aromatic carbocycles. The number of aromatic hydroxyl groups is 1. The molecule has 0 bridgehead atoms. The van der Waals surface area contributed by atoms with Crippen molar-refractivity contribution < 1.29 is 29.0 Å². The zero-order valence-corrected chi connectivity index (χ0v) is 16.6. The normalized spacial score (nSPS) is 13.5. The molecule has 0 radical (unpaired) electrons. The number of carbonyl (C=O) groups is 3. The van der Waals surface area contributed by atoms with Crippen molar-refractivity contribution in [1.82, 2.24) is 5.32 Å². The van der Waals surface area contributed by atoms with Gasteiger partial charge in [0.1, 0.15) is 17.1 Å². The topological polar surface area (TPSA) is 114 Å². The molecule has 0 aliphatic heterocycles. The third-order valence-electron chi connectivity index (χ3n) is 4.90. The minimum Gasteiger partial charge on any atom is -0.507 e. The van der Waals surface area contributed by atoms with E-state index in [9.17, 15) is 19.5 Å². The molecule has 2 aromatic rings. The van der Waals surface area contributed by atoms with Crippen LogP contribution in [0.3, 0.4) is 0 Å². The maximum absolute atomic E-state index is 12.6. The van der Waals surface area contributed by atoms with Crippen molar-refractivity contribution in [2.24, 2.45) is 0 Å². The molecule has 8 heteroatoms. The molecule has 0 heterocycles. The van der Waals surface area contributed by atoms with Crippen LogP contribution in [0.1, 0.15) is 46.4 Å². The SMILES string of the molecule is COc1ccc(C(=O)OCC(=O)Nc2ccccc2C(=O)NC2CCCC2)c(O)c1.